The van der Waals surface area contributed by atoms with Crippen molar-refractivity contribution in [3.05, 3.63) is 23.0 Å². The van der Waals surface area contributed by atoms with Crippen LogP contribution in [0.25, 0.3) is 0 Å². The maximum Gasteiger partial charge on any atom is 0.140 e. The van der Waals surface area contributed by atoms with Crippen molar-refractivity contribution in [1.29, 1.82) is 0 Å². The Morgan fingerprint density at radius 1 is 1.60 bits per heavy atom. The highest BCUT2D eigenvalue weighted by Crippen LogP contribution is 2.28. The van der Waals surface area contributed by atoms with Gasteiger partial charge >= 0.3 is 0 Å². The normalized spacial score (nSPS) is 21.3. The molecule has 1 aliphatic rings. The van der Waals surface area contributed by atoms with Gasteiger partial charge in [-0.3, -0.25) is 4.98 Å². The van der Waals surface area contributed by atoms with E-state index in [-0.39, 0.29) is 0 Å². The number of piperidine rings is 1. The van der Waals surface area contributed by atoms with Crippen molar-refractivity contribution in [3.63, 3.8) is 0 Å². The standard InChI is InChI=1S/C11H15ClN2O/c1-15-11-5-10(14-7-9(11)12)8-3-2-4-13-6-8/h5,7-8,13H,2-4,6H2,1H3. The SMILES string of the molecule is COc1cc(C2CCCNC2)ncc1Cl. The van der Waals surface area contributed by atoms with E-state index in [4.69, 9.17) is 16.3 Å². The van der Waals surface area contributed by atoms with Gasteiger partial charge in [0.25, 0.3) is 0 Å². The van der Waals surface area contributed by atoms with Crippen molar-refractivity contribution in [3.8, 4) is 5.75 Å². The van der Waals surface area contributed by atoms with Crippen LogP contribution in [0, 0.1) is 0 Å². The van der Waals surface area contributed by atoms with Crippen LogP contribution in [0.15, 0.2) is 12.3 Å². The highest BCUT2D eigenvalue weighted by atomic mass is 35.5. The van der Waals surface area contributed by atoms with Crippen LogP contribution in [0.1, 0.15) is 24.5 Å². The summed E-state index contributed by atoms with van der Waals surface area (Å²) in [6.07, 6.45) is 4.06. The summed E-state index contributed by atoms with van der Waals surface area (Å²) in [5.41, 5.74) is 1.07. The summed E-state index contributed by atoms with van der Waals surface area (Å²) in [5.74, 6) is 1.21. The van der Waals surface area contributed by atoms with Gasteiger partial charge in [0.1, 0.15) is 10.8 Å². The van der Waals surface area contributed by atoms with E-state index in [0.717, 1.165) is 18.8 Å². The molecule has 0 amide bonds. The molecule has 1 unspecified atom stereocenters. The maximum absolute atomic E-state index is 5.93. The van der Waals surface area contributed by atoms with Gasteiger partial charge in [0.05, 0.1) is 7.11 Å². The fraction of sp³-hybridized carbons (Fsp3) is 0.545. The molecule has 82 valence electrons. The number of aromatic nitrogens is 1. The lowest BCUT2D eigenvalue weighted by atomic mass is 9.95. The summed E-state index contributed by atoms with van der Waals surface area (Å²) < 4.78 is 5.18. The summed E-state index contributed by atoms with van der Waals surface area (Å²) in [7, 11) is 1.63. The minimum atomic E-state index is 0.491. The van der Waals surface area contributed by atoms with E-state index in [0.29, 0.717) is 16.7 Å². The number of nitrogens with one attached hydrogen (secondary N) is 1. The zero-order valence-corrected chi connectivity index (χ0v) is 9.55. The van der Waals surface area contributed by atoms with E-state index in [1.54, 1.807) is 13.3 Å². The van der Waals surface area contributed by atoms with Crippen LogP contribution in [0.2, 0.25) is 5.02 Å². The summed E-state index contributed by atoms with van der Waals surface area (Å²) in [5, 5.41) is 3.95. The molecular formula is C11H15ClN2O. The van der Waals surface area contributed by atoms with Crippen molar-refractivity contribution in [1.82, 2.24) is 10.3 Å². The minimum Gasteiger partial charge on any atom is -0.495 e. The van der Waals surface area contributed by atoms with Crippen molar-refractivity contribution >= 4 is 11.6 Å². The minimum absolute atomic E-state index is 0.491. The van der Waals surface area contributed by atoms with Crippen molar-refractivity contribution < 1.29 is 4.74 Å². The van der Waals surface area contributed by atoms with Gasteiger partial charge in [-0.1, -0.05) is 11.6 Å². The zero-order chi connectivity index (χ0) is 10.7. The monoisotopic (exact) mass is 226 g/mol. The summed E-state index contributed by atoms with van der Waals surface area (Å²) in [4.78, 5) is 4.36. The molecule has 0 aliphatic carbocycles. The average Bonchev–Trinajstić information content (AvgIpc) is 2.31. The first-order chi connectivity index (χ1) is 7.31. The highest BCUT2D eigenvalue weighted by molar-refractivity contribution is 6.31. The number of halogens is 1. The van der Waals surface area contributed by atoms with Crippen molar-refractivity contribution in [2.24, 2.45) is 0 Å². The Hall–Kier alpha value is -0.800. The predicted octanol–water partition coefficient (Wildman–Crippen LogP) is 2.21. The Morgan fingerprint density at radius 3 is 3.13 bits per heavy atom. The molecule has 1 atom stereocenters. The Kier molecular flexibility index (Phi) is 3.44. The molecule has 4 heteroatoms. The largest absolute Gasteiger partial charge is 0.495 e. The topological polar surface area (TPSA) is 34.1 Å². The van der Waals surface area contributed by atoms with Crippen molar-refractivity contribution in [2.75, 3.05) is 20.2 Å². The second-order valence-corrected chi connectivity index (χ2v) is 4.19. The van der Waals surface area contributed by atoms with Gasteiger partial charge in [0.15, 0.2) is 0 Å². The molecule has 2 heterocycles. The van der Waals surface area contributed by atoms with E-state index >= 15 is 0 Å². The van der Waals surface area contributed by atoms with Crippen LogP contribution in [-0.2, 0) is 0 Å². The first-order valence-corrected chi connectivity index (χ1v) is 5.59. The number of methoxy groups -OCH3 is 1. The third-order valence-electron chi connectivity index (χ3n) is 2.78. The van der Waals surface area contributed by atoms with Gasteiger partial charge < -0.3 is 10.1 Å². The van der Waals surface area contributed by atoms with E-state index in [9.17, 15) is 0 Å². The van der Waals surface area contributed by atoms with Crippen LogP contribution in [-0.4, -0.2) is 25.2 Å². The molecule has 1 fully saturated rings. The molecule has 1 aromatic heterocycles. The molecule has 2 rings (SSSR count). The van der Waals surface area contributed by atoms with E-state index in [2.05, 4.69) is 10.3 Å². The number of hydrogen-bond donors (Lipinski definition) is 1. The molecule has 1 N–H and O–H groups in total. The lowest BCUT2D eigenvalue weighted by Crippen LogP contribution is -2.28. The summed E-state index contributed by atoms with van der Waals surface area (Å²) in [6.45, 7) is 2.11. The number of ether oxygens (including phenoxy) is 1. The Balaban J connectivity index is 2.20. The maximum atomic E-state index is 5.93. The van der Waals surface area contributed by atoms with Gasteiger partial charge in [-0.2, -0.15) is 0 Å². The second kappa shape index (κ2) is 4.81. The number of pyridine rings is 1. The van der Waals surface area contributed by atoms with E-state index < -0.39 is 0 Å². The summed E-state index contributed by atoms with van der Waals surface area (Å²) in [6, 6.07) is 1.94. The van der Waals surface area contributed by atoms with Gasteiger partial charge in [-0.05, 0) is 19.4 Å². The first kappa shape index (κ1) is 10.7. The summed E-state index contributed by atoms with van der Waals surface area (Å²) >= 11 is 5.93. The molecular weight excluding hydrogens is 212 g/mol. The van der Waals surface area contributed by atoms with E-state index in [1.165, 1.54) is 12.8 Å². The average molecular weight is 227 g/mol. The molecule has 1 aromatic rings. The molecule has 0 spiro atoms. The van der Waals surface area contributed by atoms with Gasteiger partial charge in [0, 0.05) is 30.4 Å². The lowest BCUT2D eigenvalue weighted by Gasteiger charge is -2.22. The molecule has 0 aromatic carbocycles. The fourth-order valence-electron chi connectivity index (χ4n) is 1.92. The fourth-order valence-corrected chi connectivity index (χ4v) is 2.10. The quantitative estimate of drug-likeness (QED) is 0.840. The smallest absolute Gasteiger partial charge is 0.140 e. The lowest BCUT2D eigenvalue weighted by molar-refractivity contribution is 0.409. The van der Waals surface area contributed by atoms with Gasteiger partial charge in [0.2, 0.25) is 0 Å². The van der Waals surface area contributed by atoms with Crippen LogP contribution >= 0.6 is 11.6 Å². The molecule has 15 heavy (non-hydrogen) atoms. The second-order valence-electron chi connectivity index (χ2n) is 3.79. The van der Waals surface area contributed by atoms with E-state index in [1.807, 2.05) is 6.07 Å². The third kappa shape index (κ3) is 2.41. The molecule has 3 nitrogen and oxygen atoms in total. The Labute approximate surface area is 94.8 Å². The third-order valence-corrected chi connectivity index (χ3v) is 3.06. The highest BCUT2D eigenvalue weighted by Gasteiger charge is 2.17. The molecule has 1 aliphatic heterocycles. The molecule has 0 radical (unpaired) electrons. The number of hydrogen-bond acceptors (Lipinski definition) is 3. The molecule has 0 bridgehead atoms. The zero-order valence-electron chi connectivity index (χ0n) is 8.79. The molecule has 1 saturated heterocycles. The predicted molar refractivity (Wildman–Crippen MR) is 60.6 cm³/mol. The van der Waals surface area contributed by atoms with Gasteiger partial charge in [-0.25, -0.2) is 0 Å². The van der Waals surface area contributed by atoms with Crippen molar-refractivity contribution in [2.45, 2.75) is 18.8 Å². The Bertz CT molecular complexity index is 337. The van der Waals surface area contributed by atoms with Crippen LogP contribution in [0.5, 0.6) is 5.75 Å². The number of rotatable bonds is 2. The first-order valence-electron chi connectivity index (χ1n) is 5.21. The van der Waals surface area contributed by atoms with Crippen LogP contribution < -0.4 is 10.1 Å². The number of nitrogens with zero attached hydrogens (tertiary/aromatic N) is 1. The van der Waals surface area contributed by atoms with Crippen LogP contribution in [0.3, 0.4) is 0 Å². The Morgan fingerprint density at radius 2 is 2.47 bits per heavy atom. The molecule has 0 saturated carbocycles. The van der Waals surface area contributed by atoms with Crippen LogP contribution in [0.4, 0.5) is 0 Å². The van der Waals surface area contributed by atoms with Gasteiger partial charge in [-0.15, -0.1) is 0 Å².